The average molecular weight is 428 g/mol. The van der Waals surface area contributed by atoms with Crippen LogP contribution in [0.3, 0.4) is 0 Å². The molecule has 2 heterocycles. The van der Waals surface area contributed by atoms with Crippen molar-refractivity contribution in [2.75, 3.05) is 29.0 Å². The molecule has 0 bridgehead atoms. The molecular weight excluding hydrogens is 402 g/mol. The Hall–Kier alpha value is -3.64. The summed E-state index contributed by atoms with van der Waals surface area (Å²) in [6.07, 6.45) is -0.859. The Balaban J connectivity index is 1.57. The number of aryl methyl sites for hydroxylation is 1. The van der Waals surface area contributed by atoms with Gasteiger partial charge in [0.2, 0.25) is 5.91 Å². The van der Waals surface area contributed by atoms with Crippen molar-refractivity contribution in [2.24, 2.45) is 5.92 Å². The van der Waals surface area contributed by atoms with Crippen LogP contribution in [0.4, 0.5) is 17.1 Å². The summed E-state index contributed by atoms with van der Waals surface area (Å²) in [4.78, 5) is 36.5. The van der Waals surface area contributed by atoms with E-state index < -0.39 is 18.1 Å². The molecule has 6 nitrogen and oxygen atoms in total. The van der Waals surface area contributed by atoms with Crippen LogP contribution in [0, 0.1) is 12.8 Å². The molecular formula is C26H25N3O3. The van der Waals surface area contributed by atoms with E-state index in [1.54, 1.807) is 11.1 Å². The number of hydroxylamine groups is 1. The van der Waals surface area contributed by atoms with Gasteiger partial charge in [0.25, 0.3) is 5.91 Å². The molecule has 32 heavy (non-hydrogen) atoms. The maximum atomic E-state index is 13.6. The number of imide groups is 1. The van der Waals surface area contributed by atoms with Gasteiger partial charge in [-0.2, -0.15) is 0 Å². The second-order valence-corrected chi connectivity index (χ2v) is 8.49. The van der Waals surface area contributed by atoms with Gasteiger partial charge in [-0.3, -0.25) is 14.4 Å². The van der Waals surface area contributed by atoms with Crippen LogP contribution in [0.2, 0.25) is 0 Å². The van der Waals surface area contributed by atoms with Crippen LogP contribution in [0.15, 0.2) is 78.9 Å². The summed E-state index contributed by atoms with van der Waals surface area (Å²) < 4.78 is 0. The first-order valence-corrected chi connectivity index (χ1v) is 10.7. The van der Waals surface area contributed by atoms with E-state index in [1.807, 2.05) is 98.7 Å². The fourth-order valence-electron chi connectivity index (χ4n) is 4.54. The van der Waals surface area contributed by atoms with Crippen molar-refractivity contribution in [3.8, 4) is 0 Å². The zero-order valence-electron chi connectivity index (χ0n) is 18.3. The zero-order chi connectivity index (χ0) is 22.4. The average Bonchev–Trinajstić information content (AvgIpc) is 3.30. The second kappa shape index (κ2) is 7.80. The highest BCUT2D eigenvalue weighted by Crippen LogP contribution is 2.47. The van der Waals surface area contributed by atoms with Crippen LogP contribution < -0.4 is 14.9 Å². The van der Waals surface area contributed by atoms with Crippen molar-refractivity contribution < 1.29 is 14.4 Å². The van der Waals surface area contributed by atoms with E-state index in [9.17, 15) is 9.59 Å². The monoisotopic (exact) mass is 427 g/mol. The highest BCUT2D eigenvalue weighted by Gasteiger charge is 2.60. The van der Waals surface area contributed by atoms with Gasteiger partial charge in [-0.05, 0) is 54.4 Å². The molecule has 3 aromatic rings. The number of amides is 2. The van der Waals surface area contributed by atoms with Crippen molar-refractivity contribution >= 4 is 28.9 Å². The topological polar surface area (TPSA) is 53.1 Å². The number of fused-ring (bicyclic) bond motifs is 1. The Kier molecular flexibility index (Phi) is 4.94. The maximum Gasteiger partial charge on any atom is 0.266 e. The molecule has 0 radical (unpaired) electrons. The summed E-state index contributed by atoms with van der Waals surface area (Å²) in [6, 6.07) is 24.7. The lowest BCUT2D eigenvalue weighted by molar-refractivity contribution is -0.126. The van der Waals surface area contributed by atoms with Gasteiger partial charge in [-0.1, -0.05) is 42.5 Å². The van der Waals surface area contributed by atoms with Crippen molar-refractivity contribution in [1.82, 2.24) is 0 Å². The lowest BCUT2D eigenvalue weighted by Gasteiger charge is -2.29. The van der Waals surface area contributed by atoms with Crippen LogP contribution in [0.25, 0.3) is 0 Å². The quantitative estimate of drug-likeness (QED) is 0.587. The van der Waals surface area contributed by atoms with Crippen molar-refractivity contribution in [2.45, 2.75) is 19.1 Å². The third kappa shape index (κ3) is 3.24. The Labute approximate surface area is 187 Å². The van der Waals surface area contributed by atoms with Crippen LogP contribution in [0.5, 0.6) is 0 Å². The second-order valence-electron chi connectivity index (χ2n) is 8.49. The highest BCUT2D eigenvalue weighted by atomic mass is 16.7. The van der Waals surface area contributed by atoms with E-state index >= 15 is 0 Å². The van der Waals surface area contributed by atoms with E-state index in [-0.39, 0.29) is 11.8 Å². The first kappa shape index (κ1) is 20.3. The van der Waals surface area contributed by atoms with Gasteiger partial charge in [0, 0.05) is 19.8 Å². The Morgan fingerprint density at radius 1 is 0.812 bits per heavy atom. The fourth-order valence-corrected chi connectivity index (χ4v) is 4.54. The molecule has 0 spiro atoms. The minimum Gasteiger partial charge on any atom is -0.378 e. The molecule has 0 saturated carbocycles. The minimum atomic E-state index is -0.859. The molecule has 3 atom stereocenters. The standard InChI is InChI=1S/C26H25N3O3/c1-17-8-7-11-21(16-17)28-25(30)22-23(18-12-14-19(15-13-18)27(2)3)29(32-24(22)26(28)31)20-9-5-4-6-10-20/h4-16,22-24H,1-3H3. The predicted octanol–water partition coefficient (Wildman–Crippen LogP) is 4.11. The lowest BCUT2D eigenvalue weighted by atomic mass is 9.90. The Morgan fingerprint density at radius 2 is 1.50 bits per heavy atom. The first-order chi connectivity index (χ1) is 15.5. The molecule has 2 amide bonds. The van der Waals surface area contributed by atoms with Crippen LogP contribution >= 0.6 is 0 Å². The molecule has 2 saturated heterocycles. The van der Waals surface area contributed by atoms with E-state index in [0.29, 0.717) is 5.69 Å². The Bertz CT molecular complexity index is 1160. The summed E-state index contributed by atoms with van der Waals surface area (Å²) in [6.45, 7) is 1.94. The van der Waals surface area contributed by atoms with Gasteiger partial charge in [0.1, 0.15) is 5.92 Å². The molecule has 3 aromatic carbocycles. The smallest absolute Gasteiger partial charge is 0.266 e. The number of para-hydroxylation sites is 1. The van der Waals surface area contributed by atoms with E-state index in [0.717, 1.165) is 22.5 Å². The number of carbonyl (C=O) groups excluding carboxylic acids is 2. The van der Waals surface area contributed by atoms with Gasteiger partial charge in [0.15, 0.2) is 6.10 Å². The molecule has 2 aliphatic heterocycles. The highest BCUT2D eigenvalue weighted by molar-refractivity contribution is 6.24. The summed E-state index contributed by atoms with van der Waals surface area (Å²) >= 11 is 0. The molecule has 0 N–H and O–H groups in total. The molecule has 3 unspecified atom stereocenters. The number of carbonyl (C=O) groups is 2. The number of benzene rings is 3. The molecule has 5 rings (SSSR count). The predicted molar refractivity (Wildman–Crippen MR) is 124 cm³/mol. The maximum absolute atomic E-state index is 13.6. The van der Waals surface area contributed by atoms with Gasteiger partial charge in [0.05, 0.1) is 17.4 Å². The molecule has 0 aromatic heterocycles. The van der Waals surface area contributed by atoms with Gasteiger partial charge in [-0.25, -0.2) is 9.96 Å². The Morgan fingerprint density at radius 3 is 2.16 bits per heavy atom. The number of anilines is 3. The van der Waals surface area contributed by atoms with Gasteiger partial charge < -0.3 is 4.90 Å². The normalized spacial score (nSPS) is 22.4. The summed E-state index contributed by atoms with van der Waals surface area (Å²) in [5, 5.41) is 1.73. The van der Waals surface area contributed by atoms with Gasteiger partial charge >= 0.3 is 0 Å². The largest absolute Gasteiger partial charge is 0.378 e. The first-order valence-electron chi connectivity index (χ1n) is 10.7. The molecule has 0 aliphatic carbocycles. The van der Waals surface area contributed by atoms with Crippen LogP contribution in [0.1, 0.15) is 17.2 Å². The van der Waals surface area contributed by atoms with Crippen molar-refractivity contribution in [3.05, 3.63) is 90.0 Å². The minimum absolute atomic E-state index is 0.231. The molecule has 2 fully saturated rings. The van der Waals surface area contributed by atoms with E-state index in [2.05, 4.69) is 0 Å². The van der Waals surface area contributed by atoms with Crippen molar-refractivity contribution in [1.29, 1.82) is 0 Å². The third-order valence-corrected chi connectivity index (χ3v) is 6.14. The summed E-state index contributed by atoms with van der Waals surface area (Å²) in [5.41, 5.74) is 4.38. The number of nitrogens with zero attached hydrogens (tertiary/aromatic N) is 3. The summed E-state index contributed by atoms with van der Waals surface area (Å²) in [5.74, 6) is -1.18. The summed E-state index contributed by atoms with van der Waals surface area (Å²) in [7, 11) is 3.97. The molecule has 162 valence electrons. The van der Waals surface area contributed by atoms with Gasteiger partial charge in [-0.15, -0.1) is 0 Å². The zero-order valence-corrected chi connectivity index (χ0v) is 18.3. The van der Waals surface area contributed by atoms with E-state index in [1.165, 1.54) is 4.90 Å². The fraction of sp³-hybridized carbons (Fsp3) is 0.231. The third-order valence-electron chi connectivity index (χ3n) is 6.14. The van der Waals surface area contributed by atoms with Crippen molar-refractivity contribution in [3.63, 3.8) is 0 Å². The molecule has 2 aliphatic rings. The number of hydrogen-bond donors (Lipinski definition) is 0. The SMILES string of the molecule is Cc1cccc(N2C(=O)C3ON(c4ccccc4)C(c4ccc(N(C)C)cc4)C3C2=O)c1. The number of rotatable bonds is 4. The van der Waals surface area contributed by atoms with E-state index in [4.69, 9.17) is 4.84 Å². The molecule has 6 heteroatoms. The number of hydrogen-bond acceptors (Lipinski definition) is 5. The van der Waals surface area contributed by atoms with Crippen LogP contribution in [-0.2, 0) is 14.4 Å². The lowest BCUT2D eigenvalue weighted by Crippen LogP contribution is -2.37. The van der Waals surface area contributed by atoms with Crippen LogP contribution in [-0.4, -0.2) is 32.0 Å².